The second kappa shape index (κ2) is 13.9. The molecule has 0 bridgehead atoms. The Balaban J connectivity index is 1.55. The average molecular weight is 542 g/mol. The Hall–Kier alpha value is -3.47. The summed E-state index contributed by atoms with van der Waals surface area (Å²) in [5.74, 6) is -1.23. The van der Waals surface area contributed by atoms with Crippen molar-refractivity contribution >= 4 is 40.5 Å². The van der Waals surface area contributed by atoms with Crippen molar-refractivity contribution in [3.63, 3.8) is 0 Å². The fourth-order valence-electron chi connectivity index (χ4n) is 4.30. The molecule has 3 rings (SSSR count). The predicted molar refractivity (Wildman–Crippen MR) is 144 cm³/mol. The van der Waals surface area contributed by atoms with E-state index in [1.165, 1.54) is 11.8 Å². The minimum atomic E-state index is -0.744. The van der Waals surface area contributed by atoms with Gasteiger partial charge in [0.25, 0.3) is 11.8 Å². The fourth-order valence-corrected chi connectivity index (χ4v) is 5.16. The maximum Gasteiger partial charge on any atom is 0.261 e. The van der Waals surface area contributed by atoms with E-state index in [1.807, 2.05) is 24.6 Å². The number of nitrogens with zero attached hydrogens (tertiary/aromatic N) is 3. The van der Waals surface area contributed by atoms with E-state index in [0.717, 1.165) is 11.8 Å². The number of imide groups is 1. The lowest BCUT2D eigenvalue weighted by Crippen LogP contribution is -2.50. The van der Waals surface area contributed by atoms with Crippen molar-refractivity contribution in [2.75, 3.05) is 13.1 Å². The van der Waals surface area contributed by atoms with E-state index in [2.05, 4.69) is 15.6 Å². The van der Waals surface area contributed by atoms with Gasteiger partial charge >= 0.3 is 0 Å². The van der Waals surface area contributed by atoms with Crippen LogP contribution in [0.25, 0.3) is 0 Å². The molecular formula is C27H35N5O5S. The van der Waals surface area contributed by atoms with Crippen LogP contribution >= 0.6 is 11.8 Å². The van der Waals surface area contributed by atoms with Gasteiger partial charge in [0.1, 0.15) is 6.04 Å². The van der Waals surface area contributed by atoms with Crippen LogP contribution in [0.15, 0.2) is 43.0 Å². The van der Waals surface area contributed by atoms with Gasteiger partial charge in [0.15, 0.2) is 5.12 Å². The van der Waals surface area contributed by atoms with E-state index < -0.39 is 17.2 Å². The van der Waals surface area contributed by atoms with Crippen LogP contribution in [0.3, 0.4) is 0 Å². The summed E-state index contributed by atoms with van der Waals surface area (Å²) < 4.78 is 1.92. The molecule has 10 nitrogen and oxygen atoms in total. The predicted octanol–water partition coefficient (Wildman–Crippen LogP) is 2.65. The molecule has 2 atom stereocenters. The molecule has 4 amide bonds. The average Bonchev–Trinajstić information content (AvgIpc) is 3.47. The van der Waals surface area contributed by atoms with Crippen LogP contribution in [-0.4, -0.2) is 67.6 Å². The van der Waals surface area contributed by atoms with Crippen LogP contribution in [0.5, 0.6) is 0 Å². The lowest BCUT2D eigenvalue weighted by Gasteiger charge is -2.23. The lowest BCUT2D eigenvalue weighted by atomic mass is 10.0. The minimum absolute atomic E-state index is 0.140. The van der Waals surface area contributed by atoms with Gasteiger partial charge in [0, 0.05) is 39.0 Å². The first kappa shape index (κ1) is 29.1. The molecule has 0 radical (unpaired) electrons. The van der Waals surface area contributed by atoms with Crippen LogP contribution in [-0.2, 0) is 20.9 Å². The van der Waals surface area contributed by atoms with E-state index in [-0.39, 0.29) is 41.7 Å². The van der Waals surface area contributed by atoms with Crippen molar-refractivity contribution in [1.82, 2.24) is 25.1 Å². The van der Waals surface area contributed by atoms with Crippen LogP contribution in [0, 0.1) is 5.92 Å². The molecule has 38 heavy (non-hydrogen) atoms. The number of fused-ring (bicyclic) bond motifs is 1. The number of nitrogens with one attached hydrogen (secondary N) is 2. The molecule has 1 aromatic heterocycles. The molecule has 11 heteroatoms. The zero-order valence-electron chi connectivity index (χ0n) is 22.0. The van der Waals surface area contributed by atoms with Crippen LogP contribution in [0.1, 0.15) is 67.2 Å². The number of aromatic nitrogens is 2. The Morgan fingerprint density at radius 2 is 1.68 bits per heavy atom. The third-order valence-electron chi connectivity index (χ3n) is 6.12. The number of hydrogen-bond donors (Lipinski definition) is 2. The van der Waals surface area contributed by atoms with Gasteiger partial charge in [-0.15, -0.1) is 0 Å². The van der Waals surface area contributed by atoms with E-state index in [9.17, 15) is 24.0 Å². The largest absolute Gasteiger partial charge is 0.354 e. The Morgan fingerprint density at radius 1 is 1.00 bits per heavy atom. The SMILES string of the molecule is CC(=O)SC(CCCN1C(=O)c2ccccc2C1=O)C(=O)N[C@@H](CC(C)C)C(=O)NCCCn1ccnc1. The smallest absolute Gasteiger partial charge is 0.261 e. The molecule has 2 aromatic rings. The summed E-state index contributed by atoms with van der Waals surface area (Å²) in [6.45, 7) is 6.62. The van der Waals surface area contributed by atoms with E-state index in [1.54, 1.807) is 36.8 Å². The summed E-state index contributed by atoms with van der Waals surface area (Å²) in [4.78, 5) is 68.3. The molecule has 2 N–H and O–H groups in total. The molecule has 1 aliphatic rings. The highest BCUT2D eigenvalue weighted by Crippen LogP contribution is 2.24. The van der Waals surface area contributed by atoms with Crippen molar-refractivity contribution in [1.29, 1.82) is 0 Å². The van der Waals surface area contributed by atoms with Crippen molar-refractivity contribution < 1.29 is 24.0 Å². The molecule has 0 spiro atoms. The molecule has 0 fully saturated rings. The first-order valence-electron chi connectivity index (χ1n) is 12.8. The zero-order chi connectivity index (χ0) is 27.7. The summed E-state index contributed by atoms with van der Waals surface area (Å²) >= 11 is 0.892. The first-order valence-corrected chi connectivity index (χ1v) is 13.7. The van der Waals surface area contributed by atoms with Gasteiger partial charge in [0.2, 0.25) is 11.8 Å². The number of rotatable bonds is 14. The van der Waals surface area contributed by atoms with Gasteiger partial charge in [0.05, 0.1) is 22.7 Å². The second-order valence-electron chi connectivity index (χ2n) is 9.68. The number of carbonyl (C=O) groups excluding carboxylic acids is 5. The normalized spacial score (nSPS) is 14.4. The van der Waals surface area contributed by atoms with E-state index in [0.29, 0.717) is 43.5 Å². The van der Waals surface area contributed by atoms with E-state index >= 15 is 0 Å². The summed E-state index contributed by atoms with van der Waals surface area (Å²) in [5.41, 5.74) is 0.745. The molecule has 204 valence electrons. The summed E-state index contributed by atoms with van der Waals surface area (Å²) in [6.07, 6.45) is 7.04. The number of hydrogen-bond acceptors (Lipinski definition) is 7. The topological polar surface area (TPSA) is 130 Å². The highest BCUT2D eigenvalue weighted by Gasteiger charge is 2.35. The Morgan fingerprint density at radius 3 is 2.26 bits per heavy atom. The van der Waals surface area contributed by atoms with Crippen LogP contribution in [0.2, 0.25) is 0 Å². The minimum Gasteiger partial charge on any atom is -0.354 e. The third-order valence-corrected chi connectivity index (χ3v) is 7.18. The highest BCUT2D eigenvalue weighted by molar-refractivity contribution is 8.14. The van der Waals surface area contributed by atoms with Gasteiger partial charge in [-0.05, 0) is 43.7 Å². The number of carbonyl (C=O) groups is 5. The number of imidazole rings is 1. The van der Waals surface area contributed by atoms with Gasteiger partial charge in [-0.3, -0.25) is 28.9 Å². The summed E-state index contributed by atoms with van der Waals surface area (Å²) in [6, 6.07) is 5.92. The molecule has 2 heterocycles. The van der Waals surface area contributed by atoms with Crippen molar-refractivity contribution in [2.45, 2.75) is 64.3 Å². The number of benzene rings is 1. The van der Waals surface area contributed by atoms with Gasteiger partial charge in [-0.2, -0.15) is 0 Å². The quantitative estimate of drug-likeness (QED) is 0.278. The number of aryl methyl sites for hydroxylation is 1. The molecule has 0 saturated carbocycles. The standard InChI is InChI=1S/C27H35N5O5S/c1-18(2)16-22(24(34)29-11-7-13-31-15-12-28-17-31)30-25(35)23(38-19(3)33)10-6-14-32-26(36)20-8-4-5-9-21(20)27(32)37/h4-5,8-9,12,15,17-18,22-23H,6-7,10-11,13-14,16H2,1-3H3,(H,29,34)(H,30,35)/t22-,23?/m0/s1. The van der Waals surface area contributed by atoms with Gasteiger partial charge < -0.3 is 15.2 Å². The van der Waals surface area contributed by atoms with Crippen molar-refractivity contribution in [2.24, 2.45) is 5.92 Å². The van der Waals surface area contributed by atoms with E-state index in [4.69, 9.17) is 0 Å². The summed E-state index contributed by atoms with van der Waals surface area (Å²) in [5, 5.41) is 4.75. The molecule has 1 aliphatic heterocycles. The van der Waals surface area contributed by atoms with Crippen LogP contribution < -0.4 is 10.6 Å². The van der Waals surface area contributed by atoms with Crippen LogP contribution in [0.4, 0.5) is 0 Å². The number of thioether (sulfide) groups is 1. The maximum absolute atomic E-state index is 13.2. The molecule has 1 aromatic carbocycles. The van der Waals surface area contributed by atoms with Gasteiger partial charge in [-0.1, -0.05) is 37.7 Å². The number of amides is 4. The Bertz CT molecular complexity index is 1120. The molecule has 0 saturated heterocycles. The highest BCUT2D eigenvalue weighted by atomic mass is 32.2. The lowest BCUT2D eigenvalue weighted by molar-refractivity contribution is -0.129. The first-order chi connectivity index (χ1) is 18.2. The summed E-state index contributed by atoms with van der Waals surface area (Å²) in [7, 11) is 0. The Labute approximate surface area is 226 Å². The maximum atomic E-state index is 13.2. The van der Waals surface area contributed by atoms with Crippen molar-refractivity contribution in [3.05, 3.63) is 54.1 Å². The molecular weight excluding hydrogens is 506 g/mol. The fraction of sp³-hybridized carbons (Fsp3) is 0.481. The zero-order valence-corrected chi connectivity index (χ0v) is 22.8. The molecule has 1 unspecified atom stereocenters. The third kappa shape index (κ3) is 8.01. The second-order valence-corrected chi connectivity index (χ2v) is 11.1. The molecule has 0 aliphatic carbocycles. The van der Waals surface area contributed by atoms with Crippen molar-refractivity contribution in [3.8, 4) is 0 Å². The Kier molecular flexibility index (Phi) is 10.6. The van der Waals surface area contributed by atoms with Gasteiger partial charge in [-0.25, -0.2) is 4.98 Å². The monoisotopic (exact) mass is 541 g/mol.